The van der Waals surface area contributed by atoms with Gasteiger partial charge in [-0.05, 0) is 58.5 Å². The van der Waals surface area contributed by atoms with E-state index in [1.165, 1.54) is 0 Å². The zero-order chi connectivity index (χ0) is 16.4. The number of aromatic hydroxyl groups is 1. The third-order valence-corrected chi connectivity index (χ3v) is 4.17. The molecule has 0 aliphatic heterocycles. The number of halogens is 2. The fourth-order valence-corrected chi connectivity index (χ4v) is 2.78. The van der Waals surface area contributed by atoms with Gasteiger partial charge in [0.1, 0.15) is 0 Å². The fourth-order valence-electron chi connectivity index (χ4n) is 2.03. The SMILES string of the molecule is Oc1[nH]c2c(Br)cccc2c1N=NC(=S)Nc1ccc(Cl)cc1. The number of anilines is 1. The summed E-state index contributed by atoms with van der Waals surface area (Å²) in [6, 6.07) is 12.6. The Hall–Kier alpha value is -1.96. The Morgan fingerprint density at radius 2 is 1.96 bits per heavy atom. The van der Waals surface area contributed by atoms with Gasteiger partial charge in [-0.2, -0.15) is 0 Å². The minimum Gasteiger partial charge on any atom is -0.493 e. The Balaban J connectivity index is 1.82. The van der Waals surface area contributed by atoms with Crippen molar-refractivity contribution < 1.29 is 5.11 Å². The van der Waals surface area contributed by atoms with Crippen molar-refractivity contribution in [3.8, 4) is 5.88 Å². The van der Waals surface area contributed by atoms with Gasteiger partial charge < -0.3 is 15.4 Å². The van der Waals surface area contributed by atoms with E-state index in [0.29, 0.717) is 10.7 Å². The third-order valence-electron chi connectivity index (χ3n) is 3.07. The number of nitrogens with zero attached hydrogens (tertiary/aromatic N) is 2. The van der Waals surface area contributed by atoms with Crippen LogP contribution in [0.5, 0.6) is 5.88 Å². The van der Waals surface area contributed by atoms with Crippen LogP contribution in [0.3, 0.4) is 0 Å². The van der Waals surface area contributed by atoms with Crippen molar-refractivity contribution in [2.45, 2.75) is 0 Å². The number of aromatic amines is 1. The maximum Gasteiger partial charge on any atom is 0.218 e. The van der Waals surface area contributed by atoms with E-state index in [4.69, 9.17) is 23.8 Å². The molecule has 2 aromatic carbocycles. The molecule has 0 saturated carbocycles. The van der Waals surface area contributed by atoms with Crippen LogP contribution in [0.4, 0.5) is 11.4 Å². The van der Waals surface area contributed by atoms with E-state index in [2.05, 4.69) is 36.5 Å². The summed E-state index contributed by atoms with van der Waals surface area (Å²) >= 11 is 14.4. The van der Waals surface area contributed by atoms with Crippen molar-refractivity contribution >= 4 is 67.1 Å². The van der Waals surface area contributed by atoms with Gasteiger partial charge in [-0.15, -0.1) is 10.2 Å². The molecular weight excluding hydrogens is 400 g/mol. The summed E-state index contributed by atoms with van der Waals surface area (Å²) < 4.78 is 0.827. The zero-order valence-corrected chi connectivity index (χ0v) is 14.7. The molecule has 0 saturated heterocycles. The molecule has 0 bridgehead atoms. The molecule has 1 aromatic heterocycles. The minimum absolute atomic E-state index is 0.0649. The lowest BCUT2D eigenvalue weighted by Crippen LogP contribution is -2.04. The lowest BCUT2D eigenvalue weighted by atomic mass is 10.2. The van der Waals surface area contributed by atoms with Gasteiger partial charge in [0.05, 0.1) is 5.52 Å². The van der Waals surface area contributed by atoms with E-state index in [1.54, 1.807) is 24.3 Å². The summed E-state index contributed by atoms with van der Waals surface area (Å²) in [6.07, 6.45) is 0. The topological polar surface area (TPSA) is 72.8 Å². The summed E-state index contributed by atoms with van der Waals surface area (Å²) in [5, 5.41) is 22.4. The molecule has 5 nitrogen and oxygen atoms in total. The number of hydrogen-bond acceptors (Lipinski definition) is 3. The second-order valence-electron chi connectivity index (χ2n) is 4.62. The number of para-hydroxylation sites is 1. The van der Waals surface area contributed by atoms with Gasteiger partial charge in [-0.3, -0.25) is 0 Å². The van der Waals surface area contributed by atoms with Crippen LogP contribution in [0, 0.1) is 0 Å². The number of hydrogen-bond donors (Lipinski definition) is 3. The number of H-pyrrole nitrogens is 1. The molecule has 0 unspecified atom stereocenters. The Kier molecular flexibility index (Phi) is 4.61. The van der Waals surface area contributed by atoms with E-state index in [1.807, 2.05) is 18.2 Å². The monoisotopic (exact) mass is 408 g/mol. The second kappa shape index (κ2) is 6.66. The van der Waals surface area contributed by atoms with Gasteiger partial charge in [0, 0.05) is 20.6 Å². The average molecular weight is 410 g/mol. The zero-order valence-electron chi connectivity index (χ0n) is 11.5. The maximum absolute atomic E-state index is 9.98. The van der Waals surface area contributed by atoms with Crippen LogP contribution in [-0.2, 0) is 0 Å². The highest BCUT2D eigenvalue weighted by Gasteiger charge is 2.12. The van der Waals surface area contributed by atoms with Gasteiger partial charge in [-0.25, -0.2) is 0 Å². The molecule has 8 heteroatoms. The van der Waals surface area contributed by atoms with Crippen molar-refractivity contribution in [1.29, 1.82) is 0 Å². The van der Waals surface area contributed by atoms with E-state index in [9.17, 15) is 5.11 Å². The number of rotatable bonds is 2. The maximum atomic E-state index is 9.98. The summed E-state index contributed by atoms with van der Waals surface area (Å²) in [4.78, 5) is 2.85. The van der Waals surface area contributed by atoms with Crippen LogP contribution < -0.4 is 5.32 Å². The van der Waals surface area contributed by atoms with Crippen molar-refractivity contribution in [2.24, 2.45) is 10.2 Å². The number of azo groups is 1. The summed E-state index contributed by atoms with van der Waals surface area (Å²) in [7, 11) is 0. The van der Waals surface area contributed by atoms with Crippen molar-refractivity contribution in [3.05, 3.63) is 52.0 Å². The molecular formula is C15H10BrClN4OS. The number of nitrogens with one attached hydrogen (secondary N) is 2. The predicted molar refractivity (Wildman–Crippen MR) is 99.9 cm³/mol. The van der Waals surface area contributed by atoms with Gasteiger partial charge in [-0.1, -0.05) is 23.7 Å². The summed E-state index contributed by atoms with van der Waals surface area (Å²) in [6.45, 7) is 0. The molecule has 1 heterocycles. The van der Waals surface area contributed by atoms with Gasteiger partial charge >= 0.3 is 0 Å². The Morgan fingerprint density at radius 1 is 1.22 bits per heavy atom. The highest BCUT2D eigenvalue weighted by atomic mass is 79.9. The van der Waals surface area contributed by atoms with Crippen LogP contribution in [0.25, 0.3) is 10.9 Å². The lowest BCUT2D eigenvalue weighted by molar-refractivity contribution is 0.459. The Labute approximate surface area is 150 Å². The molecule has 0 radical (unpaired) electrons. The highest BCUT2D eigenvalue weighted by molar-refractivity contribution is 9.10. The molecule has 3 rings (SSSR count). The Morgan fingerprint density at radius 3 is 2.70 bits per heavy atom. The number of thiocarbonyl (C=S) groups is 1. The normalized spacial score (nSPS) is 11.2. The Bertz CT molecular complexity index is 908. The summed E-state index contributed by atoms with van der Waals surface area (Å²) in [5.74, 6) is -0.0649. The van der Waals surface area contributed by atoms with E-state index in [-0.39, 0.29) is 11.0 Å². The van der Waals surface area contributed by atoms with Crippen LogP contribution in [0.2, 0.25) is 5.02 Å². The first-order valence-electron chi connectivity index (χ1n) is 6.52. The van der Waals surface area contributed by atoms with Crippen molar-refractivity contribution in [2.75, 3.05) is 5.32 Å². The van der Waals surface area contributed by atoms with Crippen LogP contribution in [-0.4, -0.2) is 15.2 Å². The average Bonchev–Trinajstić information content (AvgIpc) is 2.85. The van der Waals surface area contributed by atoms with Gasteiger partial charge in [0.25, 0.3) is 0 Å². The molecule has 3 N–H and O–H groups in total. The van der Waals surface area contributed by atoms with Crippen LogP contribution in [0.15, 0.2) is 57.2 Å². The molecule has 23 heavy (non-hydrogen) atoms. The fraction of sp³-hybridized carbons (Fsp3) is 0. The smallest absolute Gasteiger partial charge is 0.218 e. The molecule has 0 fully saturated rings. The molecule has 0 spiro atoms. The van der Waals surface area contributed by atoms with Gasteiger partial charge in [0.15, 0.2) is 5.69 Å². The largest absolute Gasteiger partial charge is 0.493 e. The van der Waals surface area contributed by atoms with E-state index in [0.717, 1.165) is 21.1 Å². The highest BCUT2D eigenvalue weighted by Crippen LogP contribution is 2.38. The van der Waals surface area contributed by atoms with E-state index < -0.39 is 0 Å². The standard InChI is InChI=1S/C15H10BrClN4OS/c16-11-3-1-2-10-12(11)19-14(22)13(10)20-21-15(23)18-9-6-4-8(17)5-7-9/h1-7,19,22H,(H,18,23). The van der Waals surface area contributed by atoms with E-state index >= 15 is 0 Å². The minimum atomic E-state index is -0.0649. The first kappa shape index (κ1) is 15.9. The second-order valence-corrected chi connectivity index (χ2v) is 6.30. The quantitative estimate of drug-likeness (QED) is 0.371. The third kappa shape index (κ3) is 3.52. The number of benzene rings is 2. The first-order chi connectivity index (χ1) is 11.0. The van der Waals surface area contributed by atoms with Crippen LogP contribution in [0.1, 0.15) is 0 Å². The molecule has 0 amide bonds. The number of aromatic nitrogens is 1. The molecule has 116 valence electrons. The number of fused-ring (bicyclic) bond motifs is 1. The predicted octanol–water partition coefficient (Wildman–Crippen LogP) is 5.77. The molecule has 3 aromatic rings. The molecule has 0 aliphatic rings. The van der Waals surface area contributed by atoms with Crippen molar-refractivity contribution in [3.63, 3.8) is 0 Å². The summed E-state index contributed by atoms with van der Waals surface area (Å²) in [5.41, 5.74) is 1.83. The molecule has 0 aliphatic carbocycles. The van der Waals surface area contributed by atoms with Crippen molar-refractivity contribution in [1.82, 2.24) is 4.98 Å². The molecule has 0 atom stereocenters. The van der Waals surface area contributed by atoms with Crippen LogP contribution >= 0.6 is 39.7 Å². The van der Waals surface area contributed by atoms with Gasteiger partial charge in [0.2, 0.25) is 11.0 Å². The first-order valence-corrected chi connectivity index (χ1v) is 8.10. The lowest BCUT2D eigenvalue weighted by Gasteiger charge is -2.02.